The van der Waals surface area contributed by atoms with Gasteiger partial charge in [0.2, 0.25) is 5.75 Å². The molecule has 0 heterocycles. The quantitative estimate of drug-likeness (QED) is 0.342. The number of hydrogen-bond donors (Lipinski definition) is 1. The number of methoxy groups -OCH3 is 1. The van der Waals surface area contributed by atoms with Crippen molar-refractivity contribution in [3.63, 3.8) is 0 Å². The zero-order valence-corrected chi connectivity index (χ0v) is 18.4. The number of rotatable bonds is 8. The SMILES string of the molecule is COc1cc(C(=O)OCC(=O)NC2(C#N)CCCC2)ccc1Oc1ccc(Cl)cc1[N+](=O)[O-]. The first-order valence-corrected chi connectivity index (χ1v) is 10.3. The second-order valence-electron chi connectivity index (χ2n) is 7.36. The molecule has 0 unspecified atom stereocenters. The highest BCUT2D eigenvalue weighted by molar-refractivity contribution is 6.30. The molecule has 0 spiro atoms. The Bertz CT molecular complexity index is 1120. The van der Waals surface area contributed by atoms with Crippen LogP contribution >= 0.6 is 11.6 Å². The molecule has 172 valence electrons. The number of halogens is 1. The van der Waals surface area contributed by atoms with E-state index < -0.39 is 28.9 Å². The number of benzene rings is 2. The normalized spacial score (nSPS) is 14.1. The van der Waals surface area contributed by atoms with E-state index in [-0.39, 0.29) is 33.5 Å². The minimum atomic E-state index is -0.907. The standard InChI is InChI=1S/C22H20ClN3O7/c1-31-19-10-14(21(28)32-12-20(27)25-22(13-24)8-2-3-9-22)4-6-18(19)33-17-7-5-15(23)11-16(17)26(29)30/h4-7,10-11H,2-3,8-9,12H2,1H3,(H,25,27). The Balaban J connectivity index is 1.68. The largest absolute Gasteiger partial charge is 0.493 e. The van der Waals surface area contributed by atoms with E-state index in [2.05, 4.69) is 11.4 Å². The predicted octanol–water partition coefficient (Wildman–Crippen LogP) is 4.16. The molecule has 33 heavy (non-hydrogen) atoms. The van der Waals surface area contributed by atoms with Gasteiger partial charge in [0.25, 0.3) is 5.91 Å². The molecule has 1 aliphatic carbocycles. The van der Waals surface area contributed by atoms with E-state index in [4.69, 9.17) is 25.8 Å². The van der Waals surface area contributed by atoms with Crippen molar-refractivity contribution in [2.75, 3.05) is 13.7 Å². The predicted molar refractivity (Wildman–Crippen MR) is 116 cm³/mol. The number of nitro groups is 1. The Labute approximate surface area is 194 Å². The first-order valence-electron chi connectivity index (χ1n) is 9.96. The van der Waals surface area contributed by atoms with Gasteiger partial charge in [-0.1, -0.05) is 11.6 Å². The smallest absolute Gasteiger partial charge is 0.338 e. The Kier molecular flexibility index (Phi) is 7.35. The molecular formula is C22H20ClN3O7. The van der Waals surface area contributed by atoms with E-state index in [9.17, 15) is 25.0 Å². The van der Waals surface area contributed by atoms with Crippen molar-refractivity contribution >= 4 is 29.2 Å². The number of amides is 1. The number of ether oxygens (including phenoxy) is 3. The van der Waals surface area contributed by atoms with Crippen LogP contribution in [0.15, 0.2) is 36.4 Å². The molecule has 1 saturated carbocycles. The molecule has 10 nitrogen and oxygen atoms in total. The van der Waals surface area contributed by atoms with Gasteiger partial charge in [0.15, 0.2) is 18.1 Å². The summed E-state index contributed by atoms with van der Waals surface area (Å²) in [6.45, 7) is -0.542. The molecule has 0 atom stereocenters. The number of nitriles is 1. The van der Waals surface area contributed by atoms with Gasteiger partial charge in [-0.05, 0) is 56.0 Å². The molecule has 3 rings (SSSR count). The third-order valence-corrected chi connectivity index (χ3v) is 5.36. The van der Waals surface area contributed by atoms with Crippen LogP contribution in [0.25, 0.3) is 0 Å². The van der Waals surface area contributed by atoms with Crippen molar-refractivity contribution < 1.29 is 28.7 Å². The average molecular weight is 474 g/mol. The molecule has 0 bridgehead atoms. The highest BCUT2D eigenvalue weighted by Crippen LogP contribution is 2.38. The van der Waals surface area contributed by atoms with E-state index in [0.29, 0.717) is 12.8 Å². The van der Waals surface area contributed by atoms with Gasteiger partial charge in [0.1, 0.15) is 5.54 Å². The minimum absolute atomic E-state index is 0.0620. The highest BCUT2D eigenvalue weighted by atomic mass is 35.5. The monoisotopic (exact) mass is 473 g/mol. The fourth-order valence-corrected chi connectivity index (χ4v) is 3.64. The second-order valence-corrected chi connectivity index (χ2v) is 7.80. The molecule has 1 amide bonds. The van der Waals surface area contributed by atoms with Crippen LogP contribution in [-0.2, 0) is 9.53 Å². The van der Waals surface area contributed by atoms with E-state index in [1.165, 1.54) is 37.4 Å². The highest BCUT2D eigenvalue weighted by Gasteiger charge is 2.35. The third-order valence-electron chi connectivity index (χ3n) is 5.12. The van der Waals surface area contributed by atoms with Gasteiger partial charge in [-0.25, -0.2) is 4.79 Å². The number of carbonyl (C=O) groups excluding carboxylic acids is 2. The van der Waals surface area contributed by atoms with Crippen LogP contribution in [0.5, 0.6) is 17.2 Å². The first-order chi connectivity index (χ1) is 15.8. The van der Waals surface area contributed by atoms with Crippen molar-refractivity contribution in [3.8, 4) is 23.3 Å². The summed E-state index contributed by atoms with van der Waals surface area (Å²) in [7, 11) is 1.34. The van der Waals surface area contributed by atoms with Crippen LogP contribution in [0.3, 0.4) is 0 Å². The molecule has 1 N–H and O–H groups in total. The fraction of sp³-hybridized carbons (Fsp3) is 0.318. The van der Waals surface area contributed by atoms with Crippen molar-refractivity contribution in [3.05, 3.63) is 57.1 Å². The Hall–Kier alpha value is -3.84. The molecule has 0 aliphatic heterocycles. The molecular weight excluding hydrogens is 454 g/mol. The summed E-state index contributed by atoms with van der Waals surface area (Å²) >= 11 is 5.81. The fourth-order valence-electron chi connectivity index (χ4n) is 3.48. The van der Waals surface area contributed by atoms with Gasteiger partial charge < -0.3 is 19.5 Å². The first kappa shape index (κ1) is 23.8. The number of nitrogens with zero attached hydrogens (tertiary/aromatic N) is 2. The van der Waals surface area contributed by atoms with Crippen molar-refractivity contribution in [1.29, 1.82) is 5.26 Å². The zero-order chi connectivity index (χ0) is 24.0. The summed E-state index contributed by atoms with van der Waals surface area (Å²) in [5, 5.41) is 23.4. The average Bonchev–Trinajstić information content (AvgIpc) is 3.27. The maximum Gasteiger partial charge on any atom is 0.338 e. The third kappa shape index (κ3) is 5.70. The molecule has 0 radical (unpaired) electrons. The molecule has 2 aromatic rings. The summed E-state index contributed by atoms with van der Waals surface area (Å²) in [5.41, 5.74) is -1.17. The Morgan fingerprint density at radius 1 is 1.18 bits per heavy atom. The summed E-state index contributed by atoms with van der Waals surface area (Å²) in [4.78, 5) is 35.2. The maximum atomic E-state index is 12.4. The molecule has 11 heteroatoms. The lowest BCUT2D eigenvalue weighted by Gasteiger charge is -2.21. The van der Waals surface area contributed by atoms with E-state index in [0.717, 1.165) is 18.9 Å². The van der Waals surface area contributed by atoms with Gasteiger partial charge in [0.05, 0.1) is 23.7 Å². The molecule has 1 aliphatic rings. The van der Waals surface area contributed by atoms with Crippen molar-refractivity contribution in [1.82, 2.24) is 5.32 Å². The summed E-state index contributed by atoms with van der Waals surface area (Å²) in [6.07, 6.45) is 2.82. The lowest BCUT2D eigenvalue weighted by atomic mass is 10.00. The summed E-state index contributed by atoms with van der Waals surface area (Å²) in [6, 6.07) is 10.2. The van der Waals surface area contributed by atoms with Crippen LogP contribution in [0.4, 0.5) is 5.69 Å². The maximum absolute atomic E-state index is 12.4. The van der Waals surface area contributed by atoms with Crippen LogP contribution in [0.1, 0.15) is 36.0 Å². The second kappa shape index (κ2) is 10.2. The summed E-state index contributed by atoms with van der Waals surface area (Å²) in [5.74, 6) is -1.17. The minimum Gasteiger partial charge on any atom is -0.493 e. The number of nitro benzene ring substituents is 1. The Morgan fingerprint density at radius 2 is 1.88 bits per heavy atom. The molecule has 0 aromatic heterocycles. The van der Waals surface area contributed by atoms with Crippen molar-refractivity contribution in [2.24, 2.45) is 0 Å². The number of nitrogens with one attached hydrogen (secondary N) is 1. The molecule has 1 fully saturated rings. The van der Waals surface area contributed by atoms with Gasteiger partial charge in [-0.2, -0.15) is 5.26 Å². The van der Waals surface area contributed by atoms with Crippen LogP contribution in [0, 0.1) is 21.4 Å². The van der Waals surface area contributed by atoms with E-state index in [1.807, 2.05) is 0 Å². The zero-order valence-electron chi connectivity index (χ0n) is 17.6. The topological polar surface area (TPSA) is 141 Å². The van der Waals surface area contributed by atoms with Crippen LogP contribution < -0.4 is 14.8 Å². The number of esters is 1. The molecule has 2 aromatic carbocycles. The van der Waals surface area contributed by atoms with E-state index >= 15 is 0 Å². The van der Waals surface area contributed by atoms with Gasteiger partial charge in [-0.3, -0.25) is 14.9 Å². The van der Waals surface area contributed by atoms with E-state index in [1.54, 1.807) is 0 Å². The summed E-state index contributed by atoms with van der Waals surface area (Å²) < 4.78 is 15.9. The lowest BCUT2D eigenvalue weighted by Crippen LogP contribution is -2.46. The van der Waals surface area contributed by atoms with Crippen LogP contribution in [-0.4, -0.2) is 36.1 Å². The van der Waals surface area contributed by atoms with Crippen LogP contribution in [0.2, 0.25) is 5.02 Å². The Morgan fingerprint density at radius 3 is 2.52 bits per heavy atom. The van der Waals surface area contributed by atoms with Gasteiger partial charge >= 0.3 is 11.7 Å². The number of carbonyl (C=O) groups is 2. The number of hydrogen-bond acceptors (Lipinski definition) is 8. The van der Waals surface area contributed by atoms with Crippen molar-refractivity contribution in [2.45, 2.75) is 31.2 Å². The molecule has 0 saturated heterocycles. The lowest BCUT2D eigenvalue weighted by molar-refractivity contribution is -0.385. The van der Waals surface area contributed by atoms with Gasteiger partial charge in [0, 0.05) is 11.1 Å². The van der Waals surface area contributed by atoms with Gasteiger partial charge in [-0.15, -0.1) is 0 Å².